The van der Waals surface area contributed by atoms with Crippen molar-refractivity contribution in [2.24, 2.45) is 23.7 Å². The highest BCUT2D eigenvalue weighted by atomic mass is 31.1. The quantitative estimate of drug-likeness (QED) is 0.418. The zero-order valence-corrected chi connectivity index (χ0v) is 21.4. The Labute approximate surface area is 178 Å². The minimum atomic E-state index is -0.0433. The molecule has 2 aliphatic rings. The third-order valence-electron chi connectivity index (χ3n) is 7.46. The highest BCUT2D eigenvalue weighted by Crippen LogP contribution is 2.63. The first kappa shape index (κ1) is 22.8. The highest BCUT2D eigenvalue weighted by molar-refractivity contribution is 7.73. The van der Waals surface area contributed by atoms with Crippen LogP contribution >= 0.6 is 15.8 Å². The van der Waals surface area contributed by atoms with Crippen LogP contribution in [0.4, 0.5) is 0 Å². The van der Waals surface area contributed by atoms with Gasteiger partial charge in [0, 0.05) is 0 Å². The van der Waals surface area contributed by atoms with E-state index >= 15 is 0 Å². The first-order valence-corrected chi connectivity index (χ1v) is 14.9. The molecule has 1 aromatic carbocycles. The third kappa shape index (κ3) is 4.40. The van der Waals surface area contributed by atoms with Crippen LogP contribution < -0.4 is 10.6 Å². The van der Waals surface area contributed by atoms with Crippen LogP contribution in [0.1, 0.15) is 81.1 Å². The van der Waals surface area contributed by atoms with E-state index in [1.165, 1.54) is 25.7 Å². The summed E-state index contributed by atoms with van der Waals surface area (Å²) in [6.45, 7) is 19.9. The van der Waals surface area contributed by atoms with Crippen molar-refractivity contribution in [3.63, 3.8) is 0 Å². The second kappa shape index (κ2) is 9.48. The second-order valence-electron chi connectivity index (χ2n) is 10.7. The fraction of sp³-hybridized carbons (Fsp3) is 0.769. The normalized spacial score (nSPS) is 33.7. The molecule has 2 unspecified atom stereocenters. The fourth-order valence-corrected chi connectivity index (χ4v) is 14.5. The molecule has 0 aliphatic carbocycles. The summed E-state index contributed by atoms with van der Waals surface area (Å²) < 4.78 is 0. The van der Waals surface area contributed by atoms with E-state index in [9.17, 15) is 0 Å². The summed E-state index contributed by atoms with van der Waals surface area (Å²) in [5, 5.41) is 3.66. The summed E-state index contributed by atoms with van der Waals surface area (Å²) in [5.74, 6) is 3.28. The van der Waals surface area contributed by atoms with Gasteiger partial charge in [0.05, 0.1) is 0 Å². The van der Waals surface area contributed by atoms with E-state index < -0.39 is 0 Å². The number of benzene rings is 1. The van der Waals surface area contributed by atoms with Crippen molar-refractivity contribution in [1.29, 1.82) is 0 Å². The molecule has 1 aromatic rings. The summed E-state index contributed by atoms with van der Waals surface area (Å²) in [4.78, 5) is 0. The zero-order chi connectivity index (χ0) is 20.6. The fourth-order valence-electron chi connectivity index (χ4n) is 5.96. The molecule has 0 N–H and O–H groups in total. The lowest BCUT2D eigenvalue weighted by atomic mass is 10.0. The lowest BCUT2D eigenvalue weighted by Crippen LogP contribution is -2.34. The molecule has 6 atom stereocenters. The van der Waals surface area contributed by atoms with Crippen LogP contribution in [0, 0.1) is 23.7 Å². The van der Waals surface area contributed by atoms with Crippen molar-refractivity contribution in [3.8, 4) is 0 Å². The number of hydrogen-bond donors (Lipinski definition) is 0. The van der Waals surface area contributed by atoms with Crippen LogP contribution in [0.2, 0.25) is 0 Å². The molecule has 2 fully saturated rings. The number of hydrogen-bond acceptors (Lipinski definition) is 0. The van der Waals surface area contributed by atoms with Gasteiger partial charge in [-0.3, -0.25) is 0 Å². The Morgan fingerprint density at radius 3 is 1.00 bits per heavy atom. The maximum atomic E-state index is 2.58. The van der Waals surface area contributed by atoms with E-state index in [1.807, 2.05) is 10.6 Å². The Morgan fingerprint density at radius 1 is 0.536 bits per heavy atom. The summed E-state index contributed by atoms with van der Waals surface area (Å²) in [7, 11) is -0.0867. The van der Waals surface area contributed by atoms with E-state index in [-0.39, 0.29) is 15.8 Å². The standard InChI is InChI=1S/C26H44P2/c1-17(2)21-13-14-22(18(3)4)27(21)25-11-9-10-12-26(25)28-23(19(5)6)15-16-24(28)20(7)8/h9-12,17-24H,13-16H2,1-8H3/t21-,22+,23-,24+,27?,28?. The third-order valence-corrected chi connectivity index (χ3v) is 15.8. The molecule has 0 radical (unpaired) electrons. The molecule has 158 valence electrons. The van der Waals surface area contributed by atoms with E-state index in [2.05, 4.69) is 79.7 Å². The molecule has 3 rings (SSSR count). The van der Waals surface area contributed by atoms with Crippen molar-refractivity contribution >= 4 is 26.5 Å². The Hall–Kier alpha value is 0.0800. The molecule has 2 saturated heterocycles. The summed E-state index contributed by atoms with van der Waals surface area (Å²) in [5.41, 5.74) is 3.71. The SMILES string of the molecule is CC(C)[C@H]1CC[C@@H](C(C)C)P1c1ccccc1P1[C@@H](C(C)C)CC[C@H]1C(C)C. The molecule has 0 nitrogen and oxygen atoms in total. The minimum Gasteiger partial charge on any atom is -0.0677 e. The smallest absolute Gasteiger partial charge is 0.0143 e. The maximum absolute atomic E-state index is 2.58. The monoisotopic (exact) mass is 418 g/mol. The molecule has 0 bridgehead atoms. The molecule has 0 saturated carbocycles. The molecule has 0 aromatic heterocycles. The predicted octanol–water partition coefficient (Wildman–Crippen LogP) is 7.59. The molecule has 2 heteroatoms. The van der Waals surface area contributed by atoms with Crippen LogP contribution in [-0.4, -0.2) is 22.6 Å². The Morgan fingerprint density at radius 2 is 0.786 bits per heavy atom. The molecule has 0 spiro atoms. The Balaban J connectivity index is 2.08. The van der Waals surface area contributed by atoms with Gasteiger partial charge in [-0.05, 0) is 82.6 Å². The first-order valence-electron chi connectivity index (χ1n) is 11.9. The van der Waals surface area contributed by atoms with E-state index in [0.29, 0.717) is 0 Å². The van der Waals surface area contributed by atoms with Crippen molar-refractivity contribution in [1.82, 2.24) is 0 Å². The van der Waals surface area contributed by atoms with Gasteiger partial charge in [-0.1, -0.05) is 95.5 Å². The van der Waals surface area contributed by atoms with Gasteiger partial charge in [-0.25, -0.2) is 0 Å². The van der Waals surface area contributed by atoms with Gasteiger partial charge in [0.25, 0.3) is 0 Å². The lowest BCUT2D eigenvalue weighted by Gasteiger charge is -2.37. The summed E-state index contributed by atoms with van der Waals surface area (Å²) >= 11 is 0. The van der Waals surface area contributed by atoms with Gasteiger partial charge >= 0.3 is 0 Å². The van der Waals surface area contributed by atoms with E-state index in [0.717, 1.165) is 46.3 Å². The van der Waals surface area contributed by atoms with Crippen molar-refractivity contribution in [2.45, 2.75) is 104 Å². The average molecular weight is 419 g/mol. The largest absolute Gasteiger partial charge is 0.0677 e. The molecular weight excluding hydrogens is 374 g/mol. The van der Waals surface area contributed by atoms with Crippen molar-refractivity contribution in [3.05, 3.63) is 24.3 Å². The van der Waals surface area contributed by atoms with Gasteiger partial charge < -0.3 is 0 Å². The van der Waals surface area contributed by atoms with Gasteiger partial charge in [0.2, 0.25) is 0 Å². The van der Waals surface area contributed by atoms with Crippen LogP contribution in [0.25, 0.3) is 0 Å². The zero-order valence-electron chi connectivity index (χ0n) is 19.7. The summed E-state index contributed by atoms with van der Waals surface area (Å²) in [6.07, 6.45) is 5.83. The summed E-state index contributed by atoms with van der Waals surface area (Å²) in [6, 6.07) is 9.86. The molecule has 0 amide bonds. The van der Waals surface area contributed by atoms with Crippen molar-refractivity contribution in [2.75, 3.05) is 0 Å². The predicted molar refractivity (Wildman–Crippen MR) is 133 cm³/mol. The Bertz CT molecular complexity index is 546. The second-order valence-corrected chi connectivity index (χ2v) is 15.9. The van der Waals surface area contributed by atoms with Gasteiger partial charge in [-0.15, -0.1) is 0 Å². The van der Waals surface area contributed by atoms with Crippen LogP contribution in [0.15, 0.2) is 24.3 Å². The lowest BCUT2D eigenvalue weighted by molar-refractivity contribution is 0.543. The van der Waals surface area contributed by atoms with Gasteiger partial charge in [0.15, 0.2) is 0 Å². The maximum Gasteiger partial charge on any atom is -0.0143 e. The average Bonchev–Trinajstić information content (AvgIpc) is 3.26. The topological polar surface area (TPSA) is 0 Å². The first-order chi connectivity index (χ1) is 13.2. The van der Waals surface area contributed by atoms with Crippen LogP contribution in [0.3, 0.4) is 0 Å². The molecular formula is C26H44P2. The highest BCUT2D eigenvalue weighted by Gasteiger charge is 2.44. The van der Waals surface area contributed by atoms with Gasteiger partial charge in [-0.2, -0.15) is 0 Å². The molecule has 2 heterocycles. The van der Waals surface area contributed by atoms with E-state index in [1.54, 1.807) is 0 Å². The van der Waals surface area contributed by atoms with Crippen LogP contribution in [0.5, 0.6) is 0 Å². The number of rotatable bonds is 6. The van der Waals surface area contributed by atoms with Gasteiger partial charge in [0.1, 0.15) is 0 Å². The van der Waals surface area contributed by atoms with Crippen LogP contribution in [-0.2, 0) is 0 Å². The van der Waals surface area contributed by atoms with E-state index in [4.69, 9.17) is 0 Å². The molecule has 28 heavy (non-hydrogen) atoms. The molecule has 2 aliphatic heterocycles. The van der Waals surface area contributed by atoms with Crippen molar-refractivity contribution < 1.29 is 0 Å². The minimum absolute atomic E-state index is 0.0433. The Kier molecular flexibility index (Phi) is 7.70.